The number of rotatable bonds is 7. The summed E-state index contributed by atoms with van der Waals surface area (Å²) >= 11 is 0. The van der Waals surface area contributed by atoms with Crippen LogP contribution < -0.4 is 14.4 Å². The van der Waals surface area contributed by atoms with Crippen LogP contribution in [0.2, 0.25) is 0 Å². The Morgan fingerprint density at radius 1 is 0.900 bits per heavy atom. The van der Waals surface area contributed by atoms with Crippen molar-refractivity contribution in [1.29, 1.82) is 0 Å². The van der Waals surface area contributed by atoms with E-state index < -0.39 is 22.0 Å². The SMILES string of the molecule is Cc1ccc(N([C@H](C)C(=O)Nc2ccc(Oc3ccccc3)cc2)S(C)(=O)=O)cc1. The fourth-order valence-corrected chi connectivity index (χ4v) is 4.15. The Hall–Kier alpha value is -3.32. The summed E-state index contributed by atoms with van der Waals surface area (Å²) in [6.45, 7) is 3.47. The number of ether oxygens (including phenoxy) is 1. The van der Waals surface area contributed by atoms with Crippen molar-refractivity contribution < 1.29 is 17.9 Å². The summed E-state index contributed by atoms with van der Waals surface area (Å²) in [6.07, 6.45) is 1.09. The third-order valence-corrected chi connectivity index (χ3v) is 5.72. The van der Waals surface area contributed by atoms with Crippen LogP contribution in [-0.4, -0.2) is 26.6 Å². The first-order chi connectivity index (χ1) is 14.2. The fourth-order valence-electron chi connectivity index (χ4n) is 2.98. The molecular weight excluding hydrogens is 400 g/mol. The van der Waals surface area contributed by atoms with Gasteiger partial charge in [-0.2, -0.15) is 0 Å². The smallest absolute Gasteiger partial charge is 0.247 e. The number of aryl methyl sites for hydroxylation is 1. The molecule has 7 heteroatoms. The van der Waals surface area contributed by atoms with Crippen molar-refractivity contribution in [3.05, 3.63) is 84.4 Å². The number of para-hydroxylation sites is 1. The van der Waals surface area contributed by atoms with Gasteiger partial charge in [0, 0.05) is 5.69 Å². The highest BCUT2D eigenvalue weighted by molar-refractivity contribution is 7.92. The molecular formula is C23H24N2O4S. The van der Waals surface area contributed by atoms with Gasteiger partial charge < -0.3 is 10.1 Å². The molecule has 0 fully saturated rings. The van der Waals surface area contributed by atoms with Crippen molar-refractivity contribution in [2.75, 3.05) is 15.9 Å². The highest BCUT2D eigenvalue weighted by atomic mass is 32.2. The molecule has 3 rings (SSSR count). The molecule has 0 radical (unpaired) electrons. The Bertz CT molecular complexity index is 1100. The molecule has 156 valence electrons. The minimum Gasteiger partial charge on any atom is -0.457 e. The van der Waals surface area contributed by atoms with Crippen LogP contribution in [0.4, 0.5) is 11.4 Å². The topological polar surface area (TPSA) is 75.7 Å². The van der Waals surface area contributed by atoms with Crippen LogP contribution in [0.15, 0.2) is 78.9 Å². The molecule has 0 bridgehead atoms. The third-order valence-electron chi connectivity index (χ3n) is 4.48. The number of hydrogen-bond donors (Lipinski definition) is 1. The average Bonchev–Trinajstić information content (AvgIpc) is 2.71. The Morgan fingerprint density at radius 3 is 2.03 bits per heavy atom. The van der Waals surface area contributed by atoms with Gasteiger partial charge in [-0.25, -0.2) is 8.42 Å². The second-order valence-electron chi connectivity index (χ2n) is 7.00. The third kappa shape index (κ3) is 5.39. The van der Waals surface area contributed by atoms with Gasteiger partial charge >= 0.3 is 0 Å². The van der Waals surface area contributed by atoms with Crippen molar-refractivity contribution in [2.24, 2.45) is 0 Å². The van der Waals surface area contributed by atoms with Gasteiger partial charge in [0.25, 0.3) is 0 Å². The first-order valence-corrected chi connectivity index (χ1v) is 11.3. The first kappa shape index (κ1) is 21.4. The molecule has 0 saturated heterocycles. The average molecular weight is 425 g/mol. The molecule has 0 aliphatic carbocycles. The minimum absolute atomic E-state index is 0.433. The first-order valence-electron chi connectivity index (χ1n) is 9.44. The van der Waals surface area contributed by atoms with E-state index in [2.05, 4.69) is 5.32 Å². The standard InChI is InChI=1S/C23H24N2O4S/c1-17-9-13-20(14-10-17)25(30(3,27)28)18(2)23(26)24-19-11-15-22(16-12-19)29-21-7-5-4-6-8-21/h4-16,18H,1-3H3,(H,24,26)/t18-/m1/s1. The van der Waals surface area contributed by atoms with Gasteiger partial charge in [-0.15, -0.1) is 0 Å². The van der Waals surface area contributed by atoms with Gasteiger partial charge in [-0.1, -0.05) is 35.9 Å². The normalized spacial score (nSPS) is 12.1. The van der Waals surface area contributed by atoms with E-state index in [9.17, 15) is 13.2 Å². The van der Waals surface area contributed by atoms with Crippen LogP contribution in [0.3, 0.4) is 0 Å². The quantitative estimate of drug-likeness (QED) is 0.602. The summed E-state index contributed by atoms with van der Waals surface area (Å²) in [5, 5.41) is 2.77. The van der Waals surface area contributed by atoms with E-state index in [4.69, 9.17) is 4.74 Å². The molecule has 3 aromatic carbocycles. The molecule has 0 aromatic heterocycles. The summed E-state index contributed by atoms with van der Waals surface area (Å²) in [4.78, 5) is 12.8. The zero-order chi connectivity index (χ0) is 21.7. The van der Waals surface area contributed by atoms with Crippen molar-refractivity contribution >= 4 is 27.3 Å². The summed E-state index contributed by atoms with van der Waals surface area (Å²) in [5.74, 6) is 0.909. The van der Waals surface area contributed by atoms with Crippen molar-refractivity contribution in [3.8, 4) is 11.5 Å². The summed E-state index contributed by atoms with van der Waals surface area (Å²) in [5.41, 5.74) is 1.99. The number of nitrogens with one attached hydrogen (secondary N) is 1. The number of amides is 1. The highest BCUT2D eigenvalue weighted by Gasteiger charge is 2.29. The van der Waals surface area contributed by atoms with E-state index in [1.54, 1.807) is 43.3 Å². The maximum atomic E-state index is 12.8. The number of benzene rings is 3. The van der Waals surface area contributed by atoms with Crippen molar-refractivity contribution in [3.63, 3.8) is 0 Å². The van der Waals surface area contributed by atoms with Gasteiger partial charge in [0.2, 0.25) is 15.9 Å². The Morgan fingerprint density at radius 2 is 1.47 bits per heavy atom. The Balaban J connectivity index is 1.72. The van der Waals surface area contributed by atoms with Crippen LogP contribution >= 0.6 is 0 Å². The second-order valence-corrected chi connectivity index (χ2v) is 8.86. The van der Waals surface area contributed by atoms with E-state index in [0.29, 0.717) is 22.9 Å². The van der Waals surface area contributed by atoms with Gasteiger partial charge in [0.05, 0.1) is 11.9 Å². The molecule has 1 N–H and O–H groups in total. The van der Waals surface area contributed by atoms with Gasteiger partial charge in [0.15, 0.2) is 0 Å². The lowest BCUT2D eigenvalue weighted by Gasteiger charge is -2.28. The number of nitrogens with zero attached hydrogens (tertiary/aromatic N) is 1. The molecule has 0 spiro atoms. The van der Waals surface area contributed by atoms with Crippen LogP contribution in [0.25, 0.3) is 0 Å². The van der Waals surface area contributed by atoms with Gasteiger partial charge in [-0.05, 0) is 62.4 Å². The lowest BCUT2D eigenvalue weighted by atomic mass is 10.2. The van der Waals surface area contributed by atoms with E-state index in [1.807, 2.05) is 49.4 Å². The number of carbonyl (C=O) groups is 1. The maximum Gasteiger partial charge on any atom is 0.247 e. The molecule has 6 nitrogen and oxygen atoms in total. The van der Waals surface area contributed by atoms with E-state index in [-0.39, 0.29) is 0 Å². The molecule has 30 heavy (non-hydrogen) atoms. The maximum absolute atomic E-state index is 12.8. The van der Waals surface area contributed by atoms with E-state index in [0.717, 1.165) is 16.1 Å². The van der Waals surface area contributed by atoms with Crippen LogP contribution in [0.5, 0.6) is 11.5 Å². The number of anilines is 2. The predicted molar refractivity (Wildman–Crippen MR) is 120 cm³/mol. The second kappa shape index (κ2) is 9.00. The summed E-state index contributed by atoms with van der Waals surface area (Å²) in [6, 6.07) is 22.3. The molecule has 0 heterocycles. The molecule has 1 atom stereocenters. The van der Waals surface area contributed by atoms with E-state index in [1.165, 1.54) is 0 Å². The Labute approximate surface area is 177 Å². The van der Waals surface area contributed by atoms with Crippen molar-refractivity contribution in [2.45, 2.75) is 19.9 Å². The summed E-state index contributed by atoms with van der Waals surface area (Å²) < 4.78 is 31.6. The van der Waals surface area contributed by atoms with E-state index >= 15 is 0 Å². The zero-order valence-corrected chi connectivity index (χ0v) is 17.9. The fraction of sp³-hybridized carbons (Fsp3) is 0.174. The van der Waals surface area contributed by atoms with Crippen LogP contribution in [-0.2, 0) is 14.8 Å². The highest BCUT2D eigenvalue weighted by Crippen LogP contribution is 2.24. The molecule has 3 aromatic rings. The largest absolute Gasteiger partial charge is 0.457 e. The molecule has 0 saturated carbocycles. The molecule has 0 unspecified atom stereocenters. The minimum atomic E-state index is -3.66. The molecule has 1 amide bonds. The van der Waals surface area contributed by atoms with Gasteiger partial charge in [0.1, 0.15) is 17.5 Å². The number of hydrogen-bond acceptors (Lipinski definition) is 4. The molecule has 0 aliphatic heterocycles. The lowest BCUT2D eigenvalue weighted by molar-refractivity contribution is -0.116. The summed E-state index contributed by atoms with van der Waals surface area (Å²) in [7, 11) is -3.66. The van der Waals surface area contributed by atoms with Crippen LogP contribution in [0.1, 0.15) is 12.5 Å². The molecule has 0 aliphatic rings. The number of sulfonamides is 1. The number of carbonyl (C=O) groups excluding carboxylic acids is 1. The van der Waals surface area contributed by atoms with Gasteiger partial charge in [-0.3, -0.25) is 9.10 Å². The predicted octanol–water partition coefficient (Wildman–Crippen LogP) is 4.58. The van der Waals surface area contributed by atoms with Crippen LogP contribution in [0, 0.1) is 6.92 Å². The Kier molecular flexibility index (Phi) is 6.42. The van der Waals surface area contributed by atoms with Crippen molar-refractivity contribution in [1.82, 2.24) is 0 Å². The lowest BCUT2D eigenvalue weighted by Crippen LogP contribution is -2.45. The monoisotopic (exact) mass is 424 g/mol. The zero-order valence-electron chi connectivity index (χ0n) is 17.1.